The van der Waals surface area contributed by atoms with Crippen LogP contribution in [-0.2, 0) is 4.79 Å². The van der Waals surface area contributed by atoms with Crippen LogP contribution in [0.2, 0.25) is 0 Å². The molecule has 0 aliphatic heterocycles. The molecule has 0 spiro atoms. The molecule has 0 radical (unpaired) electrons. The van der Waals surface area contributed by atoms with Gasteiger partial charge in [0.2, 0.25) is 0 Å². The average molecular weight is 254 g/mol. The molecule has 1 unspecified atom stereocenters. The number of aldehydes is 1. The van der Waals surface area contributed by atoms with Crippen LogP contribution in [0, 0.1) is 0 Å². The summed E-state index contributed by atoms with van der Waals surface area (Å²) in [6.45, 7) is 2.21. The van der Waals surface area contributed by atoms with Gasteiger partial charge < -0.3 is 4.79 Å². The maximum Gasteiger partial charge on any atom is 0.127 e. The van der Waals surface area contributed by atoms with E-state index in [2.05, 4.69) is 37.3 Å². The third-order valence-corrected chi connectivity index (χ3v) is 3.76. The van der Waals surface area contributed by atoms with Crippen LogP contribution in [-0.4, -0.2) is 6.29 Å². The number of unbranched alkanes of at least 4 members (excludes halogenated alkanes) is 3. The molecule has 0 amide bonds. The molecule has 2 aromatic carbocycles. The lowest BCUT2D eigenvalue weighted by Gasteiger charge is -2.13. The first-order chi connectivity index (χ1) is 9.36. The molecule has 0 aliphatic carbocycles. The summed E-state index contributed by atoms with van der Waals surface area (Å²) in [5.74, 6) is 0.0444. The van der Waals surface area contributed by atoms with Crippen LogP contribution in [0.25, 0.3) is 10.8 Å². The molecule has 0 N–H and O–H groups in total. The van der Waals surface area contributed by atoms with Crippen LogP contribution >= 0.6 is 0 Å². The molecule has 19 heavy (non-hydrogen) atoms. The van der Waals surface area contributed by atoms with Crippen molar-refractivity contribution < 1.29 is 4.79 Å². The SMILES string of the molecule is CCCCCCC(C=O)c1cccc2ccccc12. The number of hydrogen-bond acceptors (Lipinski definition) is 1. The fourth-order valence-corrected chi connectivity index (χ4v) is 2.66. The van der Waals surface area contributed by atoms with E-state index in [-0.39, 0.29) is 5.92 Å². The number of fused-ring (bicyclic) bond motifs is 1. The fourth-order valence-electron chi connectivity index (χ4n) is 2.66. The van der Waals surface area contributed by atoms with Gasteiger partial charge in [-0.2, -0.15) is 0 Å². The van der Waals surface area contributed by atoms with E-state index in [4.69, 9.17) is 0 Å². The van der Waals surface area contributed by atoms with Crippen molar-refractivity contribution in [3.63, 3.8) is 0 Å². The summed E-state index contributed by atoms with van der Waals surface area (Å²) in [5, 5.41) is 2.44. The summed E-state index contributed by atoms with van der Waals surface area (Å²) in [6.07, 6.45) is 6.96. The van der Waals surface area contributed by atoms with Gasteiger partial charge in [-0.3, -0.25) is 0 Å². The predicted octanol–water partition coefficient (Wildman–Crippen LogP) is 5.09. The van der Waals surface area contributed by atoms with Gasteiger partial charge in [0.05, 0.1) is 0 Å². The number of carbonyl (C=O) groups excluding carboxylic acids is 1. The fraction of sp³-hybridized carbons (Fsp3) is 0.389. The van der Waals surface area contributed by atoms with Crippen molar-refractivity contribution in [2.45, 2.75) is 44.9 Å². The van der Waals surface area contributed by atoms with E-state index in [0.717, 1.165) is 19.1 Å². The Kier molecular flexibility index (Phi) is 5.14. The number of rotatable bonds is 7. The maximum absolute atomic E-state index is 11.4. The summed E-state index contributed by atoms with van der Waals surface area (Å²) in [7, 11) is 0. The van der Waals surface area contributed by atoms with Gasteiger partial charge in [-0.1, -0.05) is 75.1 Å². The molecule has 2 aromatic rings. The lowest BCUT2D eigenvalue weighted by Crippen LogP contribution is -2.01. The molecule has 1 atom stereocenters. The van der Waals surface area contributed by atoms with Gasteiger partial charge in [0, 0.05) is 5.92 Å². The monoisotopic (exact) mass is 254 g/mol. The van der Waals surface area contributed by atoms with Crippen molar-refractivity contribution in [1.82, 2.24) is 0 Å². The molecule has 0 aromatic heterocycles. The number of benzene rings is 2. The van der Waals surface area contributed by atoms with Gasteiger partial charge in [-0.25, -0.2) is 0 Å². The molecule has 100 valence electrons. The Morgan fingerprint density at radius 1 is 1.00 bits per heavy atom. The Labute approximate surface area is 115 Å². The molecule has 0 heterocycles. The first-order valence-electron chi connectivity index (χ1n) is 7.29. The third-order valence-electron chi connectivity index (χ3n) is 3.76. The Bertz CT molecular complexity index is 525. The lowest BCUT2D eigenvalue weighted by atomic mass is 9.90. The highest BCUT2D eigenvalue weighted by molar-refractivity contribution is 5.88. The van der Waals surface area contributed by atoms with Crippen molar-refractivity contribution in [3.8, 4) is 0 Å². The van der Waals surface area contributed by atoms with E-state index in [1.165, 1.54) is 35.6 Å². The summed E-state index contributed by atoms with van der Waals surface area (Å²) < 4.78 is 0. The Balaban J connectivity index is 2.18. The van der Waals surface area contributed by atoms with Crippen molar-refractivity contribution >= 4 is 17.1 Å². The van der Waals surface area contributed by atoms with E-state index >= 15 is 0 Å². The molecular weight excluding hydrogens is 232 g/mol. The third kappa shape index (κ3) is 3.44. The highest BCUT2D eigenvalue weighted by Crippen LogP contribution is 2.28. The van der Waals surface area contributed by atoms with Crippen LogP contribution in [0.3, 0.4) is 0 Å². The molecule has 0 aliphatic rings. The van der Waals surface area contributed by atoms with Gasteiger partial charge in [0.1, 0.15) is 6.29 Å². The minimum atomic E-state index is 0.0444. The van der Waals surface area contributed by atoms with Crippen LogP contribution < -0.4 is 0 Å². The van der Waals surface area contributed by atoms with Crippen molar-refractivity contribution in [2.24, 2.45) is 0 Å². The highest BCUT2D eigenvalue weighted by Gasteiger charge is 2.12. The second-order valence-corrected chi connectivity index (χ2v) is 5.16. The van der Waals surface area contributed by atoms with Gasteiger partial charge in [0.15, 0.2) is 0 Å². The van der Waals surface area contributed by atoms with Crippen molar-refractivity contribution in [3.05, 3.63) is 48.0 Å². The normalized spacial score (nSPS) is 12.5. The van der Waals surface area contributed by atoms with Crippen molar-refractivity contribution in [1.29, 1.82) is 0 Å². The maximum atomic E-state index is 11.4. The first-order valence-corrected chi connectivity index (χ1v) is 7.29. The Morgan fingerprint density at radius 3 is 2.58 bits per heavy atom. The molecule has 0 saturated heterocycles. The lowest BCUT2D eigenvalue weighted by molar-refractivity contribution is -0.109. The van der Waals surface area contributed by atoms with Gasteiger partial charge >= 0.3 is 0 Å². The molecule has 0 saturated carbocycles. The van der Waals surface area contributed by atoms with Gasteiger partial charge in [0.25, 0.3) is 0 Å². The number of carbonyl (C=O) groups is 1. The molecule has 1 heteroatoms. The zero-order chi connectivity index (χ0) is 13.5. The summed E-state index contributed by atoms with van der Waals surface area (Å²) in [6, 6.07) is 14.6. The zero-order valence-electron chi connectivity index (χ0n) is 11.6. The quantitative estimate of drug-likeness (QED) is 0.496. The second kappa shape index (κ2) is 7.08. The Hall–Kier alpha value is -1.63. The minimum absolute atomic E-state index is 0.0444. The molecule has 0 bridgehead atoms. The van der Waals surface area contributed by atoms with E-state index in [1.807, 2.05) is 12.1 Å². The summed E-state index contributed by atoms with van der Waals surface area (Å²) >= 11 is 0. The van der Waals surface area contributed by atoms with Gasteiger partial charge in [-0.15, -0.1) is 0 Å². The van der Waals surface area contributed by atoms with E-state index in [0.29, 0.717) is 0 Å². The Morgan fingerprint density at radius 2 is 1.79 bits per heavy atom. The molecule has 0 fully saturated rings. The topological polar surface area (TPSA) is 17.1 Å². The zero-order valence-corrected chi connectivity index (χ0v) is 11.6. The molecular formula is C18H22O. The predicted molar refractivity (Wildman–Crippen MR) is 81.5 cm³/mol. The average Bonchev–Trinajstić information content (AvgIpc) is 2.47. The second-order valence-electron chi connectivity index (χ2n) is 5.16. The van der Waals surface area contributed by atoms with Crippen LogP contribution in [0.15, 0.2) is 42.5 Å². The van der Waals surface area contributed by atoms with Crippen LogP contribution in [0.4, 0.5) is 0 Å². The van der Waals surface area contributed by atoms with E-state index < -0.39 is 0 Å². The largest absolute Gasteiger partial charge is 0.303 e. The minimum Gasteiger partial charge on any atom is -0.303 e. The highest BCUT2D eigenvalue weighted by atomic mass is 16.1. The molecule has 2 rings (SSSR count). The smallest absolute Gasteiger partial charge is 0.127 e. The van der Waals surface area contributed by atoms with Crippen molar-refractivity contribution in [2.75, 3.05) is 0 Å². The van der Waals surface area contributed by atoms with Crippen LogP contribution in [0.5, 0.6) is 0 Å². The molecule has 1 nitrogen and oxygen atoms in total. The van der Waals surface area contributed by atoms with E-state index in [1.54, 1.807) is 0 Å². The first kappa shape index (κ1) is 13.8. The van der Waals surface area contributed by atoms with E-state index in [9.17, 15) is 4.79 Å². The summed E-state index contributed by atoms with van der Waals surface area (Å²) in [5.41, 5.74) is 1.18. The summed E-state index contributed by atoms with van der Waals surface area (Å²) in [4.78, 5) is 11.4. The van der Waals surface area contributed by atoms with Gasteiger partial charge in [-0.05, 0) is 22.8 Å². The van der Waals surface area contributed by atoms with Crippen LogP contribution in [0.1, 0.15) is 50.5 Å². The number of hydrogen-bond donors (Lipinski definition) is 0. The standard InChI is InChI=1S/C18H22O/c1-2-3-4-5-10-16(14-19)18-13-8-11-15-9-6-7-12-17(15)18/h6-9,11-14,16H,2-5,10H2,1H3.